The maximum atomic E-state index is 9.90. The summed E-state index contributed by atoms with van der Waals surface area (Å²) in [6, 6.07) is 3.38. The molecule has 0 spiro atoms. The number of rotatable bonds is 5. The number of aryl methyl sites for hydroxylation is 1. The second kappa shape index (κ2) is 6.08. The average molecular weight is 243 g/mol. The molecule has 1 heterocycles. The highest BCUT2D eigenvalue weighted by atomic mass is 32.1. The van der Waals surface area contributed by atoms with Crippen LogP contribution in [0.4, 0.5) is 0 Å². The lowest BCUT2D eigenvalue weighted by atomic mass is 10.0. The van der Waals surface area contributed by atoms with Crippen LogP contribution in [-0.4, -0.2) is 34.2 Å². The van der Waals surface area contributed by atoms with Gasteiger partial charge >= 0.3 is 0 Å². The van der Waals surface area contributed by atoms with Crippen LogP contribution in [0.25, 0.3) is 0 Å². The van der Waals surface area contributed by atoms with Crippen LogP contribution in [-0.2, 0) is 0 Å². The van der Waals surface area contributed by atoms with E-state index in [1.54, 1.807) is 19.1 Å². The van der Waals surface area contributed by atoms with Gasteiger partial charge in [0.1, 0.15) is 6.10 Å². The highest BCUT2D eigenvalue weighted by Crippen LogP contribution is 2.23. The third kappa shape index (κ3) is 3.10. The summed E-state index contributed by atoms with van der Waals surface area (Å²) in [6.07, 6.45) is -1.30. The summed E-state index contributed by atoms with van der Waals surface area (Å²) in [5.74, 6) is 1.03. The van der Waals surface area contributed by atoms with E-state index in [1.807, 2.05) is 0 Å². The molecule has 0 radical (unpaired) electrons. The van der Waals surface area contributed by atoms with Crippen LogP contribution in [0.15, 0.2) is 12.1 Å². The first-order valence-electron chi connectivity index (χ1n) is 5.08. The van der Waals surface area contributed by atoms with Crippen molar-refractivity contribution in [3.63, 3.8) is 0 Å². The second-order valence-electron chi connectivity index (χ2n) is 3.55. The van der Waals surface area contributed by atoms with Crippen molar-refractivity contribution >= 4 is 12.6 Å². The summed E-state index contributed by atoms with van der Waals surface area (Å²) in [5, 5.41) is 19.6. The maximum Gasteiger partial charge on any atom is 0.213 e. The molecule has 0 aliphatic heterocycles. The summed E-state index contributed by atoms with van der Waals surface area (Å²) in [7, 11) is 1.54. The van der Waals surface area contributed by atoms with Crippen molar-refractivity contribution in [2.24, 2.45) is 0 Å². The molecular formula is C11H17NO3S. The standard InChI is InChI=1S/C11H17NO3S/c1-7-8(3-4-10(12-7)15-2)11(14)9(13)5-6-16/h3-4,9,11,13-14,16H,5-6H2,1-2H3. The van der Waals surface area contributed by atoms with Gasteiger partial charge in [0.05, 0.1) is 13.2 Å². The second-order valence-corrected chi connectivity index (χ2v) is 4.00. The monoisotopic (exact) mass is 243 g/mol. The Hall–Kier alpha value is -0.780. The lowest BCUT2D eigenvalue weighted by molar-refractivity contribution is 0.0166. The van der Waals surface area contributed by atoms with Crippen molar-refractivity contribution in [2.45, 2.75) is 25.6 Å². The van der Waals surface area contributed by atoms with Crippen molar-refractivity contribution in [3.05, 3.63) is 23.4 Å². The molecule has 0 bridgehead atoms. The Bertz CT molecular complexity index is 346. The lowest BCUT2D eigenvalue weighted by Crippen LogP contribution is -2.19. The zero-order valence-electron chi connectivity index (χ0n) is 9.42. The van der Waals surface area contributed by atoms with Gasteiger partial charge in [0.25, 0.3) is 0 Å². The molecule has 0 aliphatic carbocycles. The summed E-state index contributed by atoms with van der Waals surface area (Å²) in [4.78, 5) is 4.14. The van der Waals surface area contributed by atoms with E-state index >= 15 is 0 Å². The van der Waals surface area contributed by atoms with E-state index in [4.69, 9.17) is 4.74 Å². The van der Waals surface area contributed by atoms with E-state index in [9.17, 15) is 10.2 Å². The molecule has 4 nitrogen and oxygen atoms in total. The Morgan fingerprint density at radius 2 is 2.12 bits per heavy atom. The van der Waals surface area contributed by atoms with Gasteiger partial charge in [-0.2, -0.15) is 12.6 Å². The number of aliphatic hydroxyl groups excluding tert-OH is 2. The van der Waals surface area contributed by atoms with Crippen LogP contribution >= 0.6 is 12.6 Å². The molecule has 2 N–H and O–H groups in total. The third-order valence-corrected chi connectivity index (χ3v) is 2.68. The zero-order valence-corrected chi connectivity index (χ0v) is 10.3. The molecule has 1 rings (SSSR count). The number of aromatic nitrogens is 1. The number of ether oxygens (including phenoxy) is 1. The van der Waals surface area contributed by atoms with Crippen molar-refractivity contribution in [2.75, 3.05) is 12.9 Å². The molecule has 0 fully saturated rings. The molecule has 0 saturated heterocycles. The molecule has 90 valence electrons. The van der Waals surface area contributed by atoms with Gasteiger partial charge in [0.2, 0.25) is 5.88 Å². The minimum absolute atomic E-state index is 0.440. The first-order chi connectivity index (χ1) is 7.60. The summed E-state index contributed by atoms with van der Waals surface area (Å²) in [6.45, 7) is 1.77. The molecule has 1 aromatic heterocycles. The number of thiol groups is 1. The minimum Gasteiger partial charge on any atom is -0.481 e. The SMILES string of the molecule is COc1ccc(C(O)C(O)CCS)c(C)n1. The Morgan fingerprint density at radius 1 is 1.44 bits per heavy atom. The number of hydrogen-bond acceptors (Lipinski definition) is 5. The Labute approximate surface area is 101 Å². The molecule has 2 unspecified atom stereocenters. The van der Waals surface area contributed by atoms with Crippen LogP contribution in [0.1, 0.15) is 23.8 Å². The van der Waals surface area contributed by atoms with Crippen molar-refractivity contribution in [1.29, 1.82) is 0 Å². The van der Waals surface area contributed by atoms with Crippen molar-refractivity contribution in [1.82, 2.24) is 4.98 Å². The van der Waals surface area contributed by atoms with Crippen LogP contribution in [0, 0.1) is 6.92 Å². The topological polar surface area (TPSA) is 62.6 Å². The van der Waals surface area contributed by atoms with Gasteiger partial charge in [-0.25, -0.2) is 4.98 Å². The summed E-state index contributed by atoms with van der Waals surface area (Å²) >= 11 is 4.02. The van der Waals surface area contributed by atoms with Crippen LogP contribution < -0.4 is 4.74 Å². The number of aliphatic hydroxyl groups is 2. The normalized spacial score (nSPS) is 14.6. The highest BCUT2D eigenvalue weighted by molar-refractivity contribution is 7.80. The Morgan fingerprint density at radius 3 is 2.62 bits per heavy atom. The average Bonchev–Trinajstić information content (AvgIpc) is 2.28. The molecule has 2 atom stereocenters. The van der Waals surface area contributed by atoms with Gasteiger partial charge in [-0.05, 0) is 25.2 Å². The molecule has 1 aromatic rings. The van der Waals surface area contributed by atoms with E-state index < -0.39 is 12.2 Å². The smallest absolute Gasteiger partial charge is 0.213 e. The summed E-state index contributed by atoms with van der Waals surface area (Å²) < 4.78 is 4.97. The molecule has 0 aromatic carbocycles. The van der Waals surface area contributed by atoms with E-state index in [0.717, 1.165) is 0 Å². The number of hydrogen-bond donors (Lipinski definition) is 3. The fourth-order valence-corrected chi connectivity index (χ4v) is 1.74. The van der Waals surface area contributed by atoms with E-state index in [1.165, 1.54) is 7.11 Å². The molecule has 16 heavy (non-hydrogen) atoms. The zero-order chi connectivity index (χ0) is 12.1. The summed E-state index contributed by atoms with van der Waals surface area (Å²) in [5.41, 5.74) is 1.28. The van der Waals surface area contributed by atoms with Gasteiger partial charge in [-0.15, -0.1) is 0 Å². The van der Waals surface area contributed by atoms with Crippen molar-refractivity contribution < 1.29 is 14.9 Å². The predicted molar refractivity (Wildman–Crippen MR) is 65.0 cm³/mol. The molecule has 0 aliphatic rings. The fraction of sp³-hybridized carbons (Fsp3) is 0.545. The molecule has 0 amide bonds. The predicted octanol–water partition coefficient (Wildman–Crippen LogP) is 1.11. The largest absolute Gasteiger partial charge is 0.481 e. The first-order valence-corrected chi connectivity index (χ1v) is 5.72. The molecule has 5 heteroatoms. The third-order valence-electron chi connectivity index (χ3n) is 2.42. The minimum atomic E-state index is -0.925. The van der Waals surface area contributed by atoms with Crippen molar-refractivity contribution in [3.8, 4) is 5.88 Å². The number of pyridine rings is 1. The maximum absolute atomic E-state index is 9.90. The highest BCUT2D eigenvalue weighted by Gasteiger charge is 2.20. The molecular weight excluding hydrogens is 226 g/mol. The lowest BCUT2D eigenvalue weighted by Gasteiger charge is -2.19. The van der Waals surface area contributed by atoms with E-state index in [0.29, 0.717) is 29.3 Å². The van der Waals surface area contributed by atoms with Gasteiger partial charge in [0, 0.05) is 17.3 Å². The van der Waals surface area contributed by atoms with Gasteiger partial charge < -0.3 is 14.9 Å². The van der Waals surface area contributed by atoms with E-state index in [2.05, 4.69) is 17.6 Å². The van der Waals surface area contributed by atoms with Gasteiger partial charge in [-0.1, -0.05) is 0 Å². The van der Waals surface area contributed by atoms with Gasteiger partial charge in [-0.3, -0.25) is 0 Å². The van der Waals surface area contributed by atoms with Crippen LogP contribution in [0.2, 0.25) is 0 Å². The van der Waals surface area contributed by atoms with Crippen LogP contribution in [0.3, 0.4) is 0 Å². The molecule has 0 saturated carbocycles. The van der Waals surface area contributed by atoms with Gasteiger partial charge in [0.15, 0.2) is 0 Å². The quantitative estimate of drug-likeness (QED) is 0.678. The van der Waals surface area contributed by atoms with E-state index in [-0.39, 0.29) is 0 Å². The fourth-order valence-electron chi connectivity index (χ4n) is 1.47. The first kappa shape index (κ1) is 13.3. The Kier molecular flexibility index (Phi) is 5.05. The number of methoxy groups -OCH3 is 1. The number of nitrogens with zero attached hydrogens (tertiary/aromatic N) is 1. The van der Waals surface area contributed by atoms with Crippen LogP contribution in [0.5, 0.6) is 5.88 Å². The Balaban J connectivity index is 2.87.